The van der Waals surface area contributed by atoms with E-state index in [9.17, 15) is 9.59 Å². The molecule has 0 aliphatic heterocycles. The van der Waals surface area contributed by atoms with Crippen molar-refractivity contribution in [2.45, 2.75) is 0 Å². The average molecular weight is 446 g/mol. The SMILES string of the molecule is COc1cc(-c2cc(C(=O)OCC(=O)c3ccc[nH]3)c3ccccc3n2)cc(OC)c1OC. The van der Waals surface area contributed by atoms with Gasteiger partial charge >= 0.3 is 5.97 Å². The van der Waals surface area contributed by atoms with Crippen molar-refractivity contribution in [2.75, 3.05) is 27.9 Å². The van der Waals surface area contributed by atoms with Crippen LogP contribution < -0.4 is 14.2 Å². The topological polar surface area (TPSA) is 99.7 Å². The minimum atomic E-state index is -0.623. The van der Waals surface area contributed by atoms with Crippen LogP contribution >= 0.6 is 0 Å². The predicted molar refractivity (Wildman–Crippen MR) is 122 cm³/mol. The molecule has 2 heterocycles. The van der Waals surface area contributed by atoms with E-state index in [-0.39, 0.29) is 12.4 Å². The van der Waals surface area contributed by atoms with E-state index in [1.807, 2.05) is 12.1 Å². The predicted octanol–water partition coefficient (Wildman–Crippen LogP) is 4.30. The van der Waals surface area contributed by atoms with Crippen LogP contribution in [0.1, 0.15) is 20.8 Å². The van der Waals surface area contributed by atoms with Crippen molar-refractivity contribution < 1.29 is 28.5 Å². The molecule has 0 saturated heterocycles. The molecule has 8 heteroatoms. The summed E-state index contributed by atoms with van der Waals surface area (Å²) in [4.78, 5) is 32.7. The van der Waals surface area contributed by atoms with Crippen LogP contribution in [-0.2, 0) is 4.74 Å². The van der Waals surface area contributed by atoms with Crippen molar-refractivity contribution in [1.29, 1.82) is 0 Å². The molecule has 0 aliphatic carbocycles. The van der Waals surface area contributed by atoms with Gasteiger partial charge in [-0.2, -0.15) is 0 Å². The lowest BCUT2D eigenvalue weighted by Crippen LogP contribution is -2.15. The molecule has 0 fully saturated rings. The number of Topliss-reactive ketones (excluding diaryl/α,β-unsaturated/α-hetero) is 1. The van der Waals surface area contributed by atoms with Crippen LogP contribution in [0.25, 0.3) is 22.2 Å². The molecule has 8 nitrogen and oxygen atoms in total. The lowest BCUT2D eigenvalue weighted by atomic mass is 10.0. The fourth-order valence-electron chi connectivity index (χ4n) is 3.51. The molecule has 168 valence electrons. The molecule has 2 aromatic heterocycles. The van der Waals surface area contributed by atoms with Gasteiger partial charge in [-0.3, -0.25) is 4.79 Å². The molecule has 33 heavy (non-hydrogen) atoms. The van der Waals surface area contributed by atoms with Crippen LogP contribution in [0, 0.1) is 0 Å². The Labute approximate surface area is 190 Å². The number of aromatic amines is 1. The third-order valence-corrected chi connectivity index (χ3v) is 5.13. The van der Waals surface area contributed by atoms with Gasteiger partial charge in [-0.1, -0.05) is 18.2 Å². The van der Waals surface area contributed by atoms with Gasteiger partial charge in [0, 0.05) is 17.1 Å². The molecule has 1 N–H and O–H groups in total. The number of methoxy groups -OCH3 is 3. The van der Waals surface area contributed by atoms with E-state index in [1.165, 1.54) is 21.3 Å². The Balaban J connectivity index is 1.74. The van der Waals surface area contributed by atoms with E-state index in [0.717, 1.165) is 0 Å². The largest absolute Gasteiger partial charge is 0.493 e. The Kier molecular flexibility index (Phi) is 6.26. The third-order valence-electron chi connectivity index (χ3n) is 5.13. The minimum Gasteiger partial charge on any atom is -0.493 e. The van der Waals surface area contributed by atoms with E-state index < -0.39 is 5.97 Å². The number of carbonyl (C=O) groups is 2. The molecule has 0 radical (unpaired) electrons. The van der Waals surface area contributed by atoms with Crippen LogP contribution in [0.2, 0.25) is 0 Å². The molecular weight excluding hydrogens is 424 g/mol. The standard InChI is InChI=1S/C25H22N2O6/c1-30-22-11-15(12-23(31-2)24(22)32-3)20-13-17(16-7-4-5-8-18(16)27-20)25(29)33-14-21(28)19-9-6-10-26-19/h4-13,26H,14H2,1-3H3. The van der Waals surface area contributed by atoms with E-state index in [0.29, 0.717) is 50.7 Å². The lowest BCUT2D eigenvalue weighted by molar-refractivity contribution is 0.0475. The Morgan fingerprint density at radius 1 is 0.909 bits per heavy atom. The van der Waals surface area contributed by atoms with Crippen LogP contribution in [0.3, 0.4) is 0 Å². The number of para-hydroxylation sites is 1. The van der Waals surface area contributed by atoms with Crippen LogP contribution in [-0.4, -0.2) is 49.7 Å². The summed E-state index contributed by atoms with van der Waals surface area (Å²) in [6.07, 6.45) is 1.63. The van der Waals surface area contributed by atoms with Gasteiger partial charge in [-0.25, -0.2) is 9.78 Å². The lowest BCUT2D eigenvalue weighted by Gasteiger charge is -2.15. The summed E-state index contributed by atoms with van der Waals surface area (Å²) in [5.74, 6) is 0.427. The maximum Gasteiger partial charge on any atom is 0.339 e. The molecule has 0 spiro atoms. The number of nitrogens with zero attached hydrogens (tertiary/aromatic N) is 1. The number of nitrogens with one attached hydrogen (secondary N) is 1. The summed E-state index contributed by atoms with van der Waals surface area (Å²) in [7, 11) is 4.58. The monoisotopic (exact) mass is 446 g/mol. The smallest absolute Gasteiger partial charge is 0.339 e. The first-order valence-corrected chi connectivity index (χ1v) is 10.1. The summed E-state index contributed by atoms with van der Waals surface area (Å²) in [6, 6.07) is 15.7. The Hall–Kier alpha value is -4.33. The molecule has 0 saturated carbocycles. The number of carbonyl (C=O) groups excluding carboxylic acids is 2. The highest BCUT2D eigenvalue weighted by molar-refractivity contribution is 6.06. The molecule has 2 aromatic carbocycles. The van der Waals surface area contributed by atoms with Crippen molar-refractivity contribution in [3.8, 4) is 28.5 Å². The Bertz CT molecular complexity index is 1290. The first kappa shape index (κ1) is 21.9. The van der Waals surface area contributed by atoms with Gasteiger partial charge in [0.25, 0.3) is 0 Å². The van der Waals surface area contributed by atoms with Crippen molar-refractivity contribution >= 4 is 22.7 Å². The number of aromatic nitrogens is 2. The van der Waals surface area contributed by atoms with Gasteiger partial charge in [0.2, 0.25) is 11.5 Å². The van der Waals surface area contributed by atoms with Crippen molar-refractivity contribution in [1.82, 2.24) is 9.97 Å². The summed E-state index contributed by atoms with van der Waals surface area (Å²) in [5, 5.41) is 0.617. The fraction of sp³-hybridized carbons (Fsp3) is 0.160. The fourth-order valence-corrected chi connectivity index (χ4v) is 3.51. The van der Waals surface area contributed by atoms with E-state index in [2.05, 4.69) is 4.98 Å². The molecule has 0 aliphatic rings. The number of fused-ring (bicyclic) bond motifs is 1. The minimum absolute atomic E-state index is 0.295. The van der Waals surface area contributed by atoms with Crippen LogP contribution in [0.15, 0.2) is 60.8 Å². The average Bonchev–Trinajstić information content (AvgIpc) is 3.40. The highest BCUT2D eigenvalue weighted by Gasteiger charge is 2.20. The zero-order valence-corrected chi connectivity index (χ0v) is 18.4. The molecule has 4 aromatic rings. The van der Waals surface area contributed by atoms with Crippen molar-refractivity contribution in [3.05, 3.63) is 72.1 Å². The zero-order valence-electron chi connectivity index (χ0n) is 18.4. The highest BCUT2D eigenvalue weighted by Crippen LogP contribution is 2.41. The first-order chi connectivity index (χ1) is 16.0. The first-order valence-electron chi connectivity index (χ1n) is 10.1. The number of ether oxygens (including phenoxy) is 4. The Morgan fingerprint density at radius 3 is 2.27 bits per heavy atom. The molecule has 0 atom stereocenters. The summed E-state index contributed by atoms with van der Waals surface area (Å²) < 4.78 is 21.6. The number of ketones is 1. The number of benzene rings is 2. The molecule has 0 amide bonds. The molecule has 4 rings (SSSR count). The van der Waals surface area contributed by atoms with Crippen LogP contribution in [0.5, 0.6) is 17.2 Å². The number of pyridine rings is 1. The van der Waals surface area contributed by atoms with Gasteiger partial charge < -0.3 is 23.9 Å². The summed E-state index contributed by atoms with van der Waals surface area (Å²) in [5.41, 5.74) is 2.44. The molecular formula is C25H22N2O6. The zero-order chi connectivity index (χ0) is 23.4. The maximum absolute atomic E-state index is 13.0. The number of rotatable bonds is 8. The second-order valence-corrected chi connectivity index (χ2v) is 7.07. The van der Waals surface area contributed by atoms with Gasteiger partial charge in [0.15, 0.2) is 18.1 Å². The second kappa shape index (κ2) is 9.44. The van der Waals surface area contributed by atoms with E-state index >= 15 is 0 Å². The number of hydrogen-bond donors (Lipinski definition) is 1. The second-order valence-electron chi connectivity index (χ2n) is 7.07. The van der Waals surface area contributed by atoms with E-state index in [4.69, 9.17) is 23.9 Å². The van der Waals surface area contributed by atoms with E-state index in [1.54, 1.807) is 48.7 Å². The quantitative estimate of drug-likeness (QED) is 0.318. The summed E-state index contributed by atoms with van der Waals surface area (Å²) >= 11 is 0. The van der Waals surface area contributed by atoms with Crippen LogP contribution in [0.4, 0.5) is 0 Å². The molecule has 0 bridgehead atoms. The summed E-state index contributed by atoms with van der Waals surface area (Å²) in [6.45, 7) is -0.379. The van der Waals surface area contributed by atoms with Gasteiger partial charge in [0.05, 0.1) is 43.8 Å². The number of esters is 1. The maximum atomic E-state index is 13.0. The highest BCUT2D eigenvalue weighted by atomic mass is 16.5. The van der Waals surface area contributed by atoms with Gasteiger partial charge in [-0.15, -0.1) is 0 Å². The molecule has 0 unspecified atom stereocenters. The normalized spacial score (nSPS) is 10.6. The van der Waals surface area contributed by atoms with Crippen molar-refractivity contribution in [2.24, 2.45) is 0 Å². The third kappa shape index (κ3) is 4.36. The number of H-pyrrole nitrogens is 1. The van der Waals surface area contributed by atoms with Gasteiger partial charge in [0.1, 0.15) is 0 Å². The van der Waals surface area contributed by atoms with Gasteiger partial charge in [-0.05, 0) is 36.4 Å². The number of hydrogen-bond acceptors (Lipinski definition) is 7. The van der Waals surface area contributed by atoms with Crippen molar-refractivity contribution in [3.63, 3.8) is 0 Å². The Morgan fingerprint density at radius 2 is 1.64 bits per heavy atom.